The summed E-state index contributed by atoms with van der Waals surface area (Å²) < 4.78 is 5.41. The number of carbonyl (C=O) groups excluding carboxylic acids is 5. The summed E-state index contributed by atoms with van der Waals surface area (Å²) in [5.74, 6) is -2.36. The van der Waals surface area contributed by atoms with Crippen LogP contribution in [0.5, 0.6) is 0 Å². The number of amides is 4. The highest BCUT2D eigenvalue weighted by molar-refractivity contribution is 6.37. The van der Waals surface area contributed by atoms with Crippen LogP contribution >= 0.6 is 0 Å². The van der Waals surface area contributed by atoms with Gasteiger partial charge in [-0.15, -0.1) is 0 Å². The summed E-state index contributed by atoms with van der Waals surface area (Å²) in [5, 5.41) is 5.44. The van der Waals surface area contributed by atoms with Crippen molar-refractivity contribution >= 4 is 29.6 Å². The fourth-order valence-electron chi connectivity index (χ4n) is 5.05. The molecule has 2 saturated carbocycles. The molecule has 0 spiro atoms. The highest BCUT2D eigenvalue weighted by Crippen LogP contribution is 2.31. The molecule has 0 aromatic carbocycles. The lowest BCUT2D eigenvalue weighted by Gasteiger charge is -2.39. The molecular weight excluding hydrogens is 488 g/mol. The van der Waals surface area contributed by atoms with E-state index in [0.717, 1.165) is 44.9 Å². The van der Waals surface area contributed by atoms with Gasteiger partial charge < -0.3 is 26.0 Å². The highest BCUT2D eigenvalue weighted by Gasteiger charge is 2.41. The molecule has 2 aliphatic rings. The Kier molecular flexibility index (Phi) is 10.7. The Hall–Kier alpha value is -2.65. The van der Waals surface area contributed by atoms with E-state index in [1.54, 1.807) is 27.7 Å². The van der Waals surface area contributed by atoms with Gasteiger partial charge in [0.2, 0.25) is 17.6 Å². The van der Waals surface area contributed by atoms with Crippen LogP contribution in [-0.2, 0) is 23.9 Å². The smallest absolute Gasteiger partial charge is 0.408 e. The Bertz CT molecular complexity index is 881. The molecule has 0 bridgehead atoms. The number of carbonyl (C=O) groups is 5. The van der Waals surface area contributed by atoms with Crippen LogP contribution in [0, 0.1) is 17.3 Å². The number of Topliss-reactive ketones (excluding diaryl/α,β-unsaturated/α-hetero) is 1. The Labute approximate surface area is 227 Å². The Morgan fingerprint density at radius 1 is 0.895 bits per heavy atom. The molecule has 1 unspecified atom stereocenters. The molecule has 2 rings (SSSR count). The third-order valence-electron chi connectivity index (χ3n) is 7.50. The zero-order valence-corrected chi connectivity index (χ0v) is 24.2. The SMILES string of the molecule is C[C@@H](C(=O)NC(CC1CCC1)C(=O)C(N)=O)N(CC1CCCC1)C(=O)[C@@H](NC(=O)OC(C)(C)C)C(C)(C)C. The van der Waals surface area contributed by atoms with Crippen molar-refractivity contribution in [2.75, 3.05) is 6.54 Å². The number of primary amides is 1. The summed E-state index contributed by atoms with van der Waals surface area (Å²) in [6.45, 7) is 12.7. The fraction of sp³-hybridized carbons (Fsp3) is 0.821. The zero-order chi connectivity index (χ0) is 28.8. The van der Waals surface area contributed by atoms with Gasteiger partial charge in [-0.3, -0.25) is 19.2 Å². The summed E-state index contributed by atoms with van der Waals surface area (Å²) in [7, 11) is 0. The Balaban J connectivity index is 2.29. The van der Waals surface area contributed by atoms with Crippen molar-refractivity contribution in [2.45, 2.75) is 124 Å². The number of hydrogen-bond acceptors (Lipinski definition) is 6. The van der Waals surface area contributed by atoms with E-state index in [9.17, 15) is 24.0 Å². The molecule has 0 heterocycles. The van der Waals surface area contributed by atoms with Crippen LogP contribution in [0.25, 0.3) is 0 Å². The number of ether oxygens (including phenoxy) is 1. The van der Waals surface area contributed by atoms with Crippen molar-refractivity contribution < 1.29 is 28.7 Å². The number of nitrogens with two attached hydrogens (primary N) is 1. The van der Waals surface area contributed by atoms with E-state index in [4.69, 9.17) is 10.5 Å². The number of nitrogens with one attached hydrogen (secondary N) is 2. The monoisotopic (exact) mass is 536 g/mol. The Morgan fingerprint density at radius 3 is 1.89 bits per heavy atom. The predicted octanol–water partition coefficient (Wildman–Crippen LogP) is 3.06. The number of nitrogens with zero attached hydrogens (tertiary/aromatic N) is 1. The topological polar surface area (TPSA) is 148 Å². The molecule has 0 saturated heterocycles. The first kappa shape index (κ1) is 31.6. The minimum atomic E-state index is -1.09. The first-order chi connectivity index (χ1) is 17.5. The van der Waals surface area contributed by atoms with Crippen LogP contribution in [0.1, 0.15) is 99.8 Å². The van der Waals surface area contributed by atoms with Crippen LogP contribution in [-0.4, -0.2) is 64.8 Å². The van der Waals surface area contributed by atoms with Crippen LogP contribution in [0.2, 0.25) is 0 Å². The molecule has 38 heavy (non-hydrogen) atoms. The molecule has 0 radical (unpaired) electrons. The summed E-state index contributed by atoms with van der Waals surface area (Å²) in [6.07, 6.45) is 6.57. The summed E-state index contributed by atoms with van der Waals surface area (Å²) in [6, 6.07) is -2.90. The van der Waals surface area contributed by atoms with Gasteiger partial charge >= 0.3 is 6.09 Å². The predicted molar refractivity (Wildman–Crippen MR) is 144 cm³/mol. The lowest BCUT2D eigenvalue weighted by atomic mass is 9.80. The van der Waals surface area contributed by atoms with Gasteiger partial charge in [0.15, 0.2) is 0 Å². The number of rotatable bonds is 11. The van der Waals surface area contributed by atoms with Crippen LogP contribution in [0.15, 0.2) is 0 Å². The standard InChI is InChI=1S/C28H48N4O6/c1-17(24(35)30-20(21(33)23(29)34)15-18-13-10-14-18)32(16-19-11-8-9-12-19)25(36)22(27(2,3)4)31-26(37)38-28(5,6)7/h17-20,22H,8-16H2,1-7H3,(H2,29,34)(H,30,35)(H,31,37)/t17-,20?,22+/m0/s1. The first-order valence-corrected chi connectivity index (χ1v) is 13.9. The molecule has 10 heteroatoms. The van der Waals surface area contributed by atoms with Crippen molar-refractivity contribution in [1.82, 2.24) is 15.5 Å². The molecule has 2 fully saturated rings. The van der Waals surface area contributed by atoms with Gasteiger partial charge in [-0.2, -0.15) is 0 Å². The number of alkyl carbamates (subject to hydrolysis) is 1. The van der Waals surface area contributed by atoms with Gasteiger partial charge in [0, 0.05) is 6.54 Å². The number of hydrogen-bond donors (Lipinski definition) is 3. The zero-order valence-electron chi connectivity index (χ0n) is 24.2. The summed E-state index contributed by atoms with van der Waals surface area (Å²) in [4.78, 5) is 65.8. The largest absolute Gasteiger partial charge is 0.444 e. The van der Waals surface area contributed by atoms with Gasteiger partial charge in [-0.25, -0.2) is 4.79 Å². The maximum atomic E-state index is 14.0. The van der Waals surface area contributed by atoms with Gasteiger partial charge in [0.25, 0.3) is 5.91 Å². The fourth-order valence-corrected chi connectivity index (χ4v) is 5.05. The van der Waals surface area contributed by atoms with Crippen LogP contribution < -0.4 is 16.4 Å². The molecule has 10 nitrogen and oxygen atoms in total. The van der Waals surface area contributed by atoms with E-state index in [-0.39, 0.29) is 11.8 Å². The van der Waals surface area contributed by atoms with E-state index < -0.39 is 58.7 Å². The molecule has 216 valence electrons. The highest BCUT2D eigenvalue weighted by atomic mass is 16.6. The molecule has 0 aromatic rings. The van der Waals surface area contributed by atoms with Crippen molar-refractivity contribution in [3.05, 3.63) is 0 Å². The van der Waals surface area contributed by atoms with Crippen molar-refractivity contribution in [3.8, 4) is 0 Å². The molecule has 2 aliphatic carbocycles. The minimum Gasteiger partial charge on any atom is -0.444 e. The number of ketones is 1. The quantitative estimate of drug-likeness (QED) is 0.346. The second kappa shape index (κ2) is 12.9. The third kappa shape index (κ3) is 9.27. The third-order valence-corrected chi connectivity index (χ3v) is 7.50. The van der Waals surface area contributed by atoms with Gasteiger partial charge in [0.1, 0.15) is 17.7 Å². The average Bonchev–Trinajstić information content (AvgIpc) is 3.27. The van der Waals surface area contributed by atoms with Crippen LogP contribution in [0.3, 0.4) is 0 Å². The molecule has 0 aliphatic heterocycles. The van der Waals surface area contributed by atoms with Gasteiger partial charge in [0.05, 0.1) is 6.04 Å². The second-order valence-corrected chi connectivity index (χ2v) is 13.1. The second-order valence-electron chi connectivity index (χ2n) is 13.1. The van der Waals surface area contributed by atoms with E-state index in [2.05, 4.69) is 10.6 Å². The Morgan fingerprint density at radius 2 is 1.45 bits per heavy atom. The van der Waals surface area contributed by atoms with Gasteiger partial charge in [-0.1, -0.05) is 52.9 Å². The van der Waals surface area contributed by atoms with Crippen molar-refractivity contribution in [1.29, 1.82) is 0 Å². The average molecular weight is 537 g/mol. The van der Waals surface area contributed by atoms with Crippen molar-refractivity contribution in [2.24, 2.45) is 23.0 Å². The van der Waals surface area contributed by atoms with E-state index in [0.29, 0.717) is 13.0 Å². The van der Waals surface area contributed by atoms with Crippen LogP contribution in [0.4, 0.5) is 4.79 Å². The lowest BCUT2D eigenvalue weighted by Crippen LogP contribution is -2.61. The molecule has 4 amide bonds. The maximum absolute atomic E-state index is 14.0. The first-order valence-electron chi connectivity index (χ1n) is 13.9. The maximum Gasteiger partial charge on any atom is 0.408 e. The van der Waals surface area contributed by atoms with E-state index in [1.165, 1.54) is 4.90 Å². The summed E-state index contributed by atoms with van der Waals surface area (Å²) in [5.41, 5.74) is 3.85. The minimum absolute atomic E-state index is 0.231. The molecule has 3 atom stereocenters. The van der Waals surface area contributed by atoms with Gasteiger partial charge in [-0.05, 0) is 64.2 Å². The summed E-state index contributed by atoms with van der Waals surface area (Å²) >= 11 is 0. The normalized spacial score (nSPS) is 19.0. The van der Waals surface area contributed by atoms with E-state index in [1.807, 2.05) is 20.8 Å². The lowest BCUT2D eigenvalue weighted by molar-refractivity contribution is -0.145. The molecular formula is C28H48N4O6. The molecule has 0 aromatic heterocycles. The van der Waals surface area contributed by atoms with E-state index >= 15 is 0 Å². The molecule has 4 N–H and O–H groups in total. The van der Waals surface area contributed by atoms with Crippen molar-refractivity contribution in [3.63, 3.8) is 0 Å².